The lowest BCUT2D eigenvalue weighted by Crippen LogP contribution is -2.37. The molecule has 120 valence electrons. The zero-order valence-corrected chi connectivity index (χ0v) is 14.1. The number of guanidine groups is 1. The molecule has 0 spiro atoms. The van der Waals surface area contributed by atoms with Crippen LogP contribution in [0.25, 0.3) is 0 Å². The van der Waals surface area contributed by atoms with Gasteiger partial charge in [0, 0.05) is 19.2 Å². The number of aromatic nitrogens is 1. The first-order chi connectivity index (χ1) is 10.0. The van der Waals surface area contributed by atoms with Crippen LogP contribution in [-0.4, -0.2) is 24.2 Å². The molecule has 0 amide bonds. The van der Waals surface area contributed by atoms with Crippen molar-refractivity contribution < 1.29 is 4.52 Å². The number of nitrogens with zero attached hydrogens (tertiary/aromatic N) is 2. The van der Waals surface area contributed by atoms with Gasteiger partial charge in [-0.25, -0.2) is 4.99 Å². The van der Waals surface area contributed by atoms with Gasteiger partial charge in [0.15, 0.2) is 11.7 Å². The first-order valence-electron chi connectivity index (χ1n) is 8.00. The smallest absolute Gasteiger partial charge is 0.191 e. The molecule has 0 aliphatic carbocycles. The third kappa shape index (κ3) is 7.16. The maximum absolute atomic E-state index is 5.30. The summed E-state index contributed by atoms with van der Waals surface area (Å²) in [5, 5.41) is 10.6. The van der Waals surface area contributed by atoms with Crippen molar-refractivity contribution in [1.82, 2.24) is 15.8 Å². The van der Waals surface area contributed by atoms with Gasteiger partial charge in [0.05, 0.1) is 5.69 Å². The molecule has 0 aromatic carbocycles. The van der Waals surface area contributed by atoms with Crippen LogP contribution >= 0.6 is 0 Å². The summed E-state index contributed by atoms with van der Waals surface area (Å²) >= 11 is 0. The van der Waals surface area contributed by atoms with Crippen molar-refractivity contribution in [2.75, 3.05) is 13.1 Å². The van der Waals surface area contributed by atoms with Crippen LogP contribution in [0.5, 0.6) is 0 Å². The van der Waals surface area contributed by atoms with Crippen molar-refractivity contribution >= 4 is 5.96 Å². The maximum Gasteiger partial charge on any atom is 0.191 e. The molecule has 0 bridgehead atoms. The van der Waals surface area contributed by atoms with Crippen LogP contribution in [0, 0.1) is 5.92 Å². The number of rotatable bonds is 8. The van der Waals surface area contributed by atoms with Crippen LogP contribution in [0.15, 0.2) is 15.6 Å². The Hall–Kier alpha value is -1.52. The van der Waals surface area contributed by atoms with Crippen molar-refractivity contribution in [3.05, 3.63) is 17.5 Å². The van der Waals surface area contributed by atoms with Crippen molar-refractivity contribution in [3.8, 4) is 0 Å². The summed E-state index contributed by atoms with van der Waals surface area (Å²) in [6.07, 6.45) is 2.38. The molecule has 0 atom stereocenters. The fraction of sp³-hybridized carbons (Fsp3) is 0.750. The average Bonchev–Trinajstić information content (AvgIpc) is 2.89. The minimum absolute atomic E-state index is 0.383. The second kappa shape index (κ2) is 9.42. The van der Waals surface area contributed by atoms with Gasteiger partial charge in [0.2, 0.25) is 0 Å². The summed E-state index contributed by atoms with van der Waals surface area (Å²) in [6.45, 7) is 13.1. The van der Waals surface area contributed by atoms with Crippen LogP contribution in [0.2, 0.25) is 0 Å². The highest BCUT2D eigenvalue weighted by Crippen LogP contribution is 2.14. The molecule has 1 heterocycles. The predicted octanol–water partition coefficient (Wildman–Crippen LogP) is 3.29. The largest absolute Gasteiger partial charge is 0.359 e. The van der Waals surface area contributed by atoms with Crippen molar-refractivity contribution in [3.63, 3.8) is 0 Å². The van der Waals surface area contributed by atoms with E-state index in [1.165, 1.54) is 6.42 Å². The summed E-state index contributed by atoms with van der Waals surface area (Å²) in [5.74, 6) is 2.77. The van der Waals surface area contributed by atoms with E-state index in [1.54, 1.807) is 0 Å². The summed E-state index contributed by atoms with van der Waals surface area (Å²) in [6, 6.07) is 1.98. The topological polar surface area (TPSA) is 62.5 Å². The van der Waals surface area contributed by atoms with Gasteiger partial charge in [-0.15, -0.1) is 0 Å². The maximum atomic E-state index is 5.30. The Morgan fingerprint density at radius 3 is 2.62 bits per heavy atom. The van der Waals surface area contributed by atoms with Gasteiger partial charge in [-0.2, -0.15) is 0 Å². The number of hydrogen-bond donors (Lipinski definition) is 2. The van der Waals surface area contributed by atoms with Gasteiger partial charge in [-0.3, -0.25) is 0 Å². The number of hydrogen-bond acceptors (Lipinski definition) is 3. The number of nitrogens with one attached hydrogen (secondary N) is 2. The molecule has 5 nitrogen and oxygen atoms in total. The minimum atomic E-state index is 0.383. The lowest BCUT2D eigenvalue weighted by Gasteiger charge is -2.11. The molecule has 0 aliphatic heterocycles. The summed E-state index contributed by atoms with van der Waals surface area (Å²) in [4.78, 5) is 4.53. The molecular weight excluding hydrogens is 264 g/mol. The van der Waals surface area contributed by atoms with Crippen LogP contribution in [0.3, 0.4) is 0 Å². The van der Waals surface area contributed by atoms with E-state index in [2.05, 4.69) is 55.4 Å². The van der Waals surface area contributed by atoms with Gasteiger partial charge in [-0.1, -0.05) is 32.9 Å². The molecule has 1 aromatic heterocycles. The first-order valence-corrected chi connectivity index (χ1v) is 8.00. The summed E-state index contributed by atoms with van der Waals surface area (Å²) < 4.78 is 5.30. The second-order valence-electron chi connectivity index (χ2n) is 6.03. The predicted molar refractivity (Wildman–Crippen MR) is 87.5 cm³/mol. The lowest BCUT2D eigenvalue weighted by atomic mass is 10.1. The molecule has 0 saturated heterocycles. The Balaban J connectivity index is 2.46. The Kier molecular flexibility index (Phi) is 7.87. The Morgan fingerprint density at radius 1 is 1.29 bits per heavy atom. The van der Waals surface area contributed by atoms with E-state index in [1.807, 2.05) is 6.07 Å². The SMILES string of the molecule is CCNC(=NCc1cc(C(C)C)no1)NCCCC(C)C. The highest BCUT2D eigenvalue weighted by atomic mass is 16.5. The van der Waals surface area contributed by atoms with Crippen LogP contribution in [0.1, 0.15) is 64.8 Å². The third-order valence-corrected chi connectivity index (χ3v) is 3.16. The molecule has 1 rings (SSSR count). The van der Waals surface area contributed by atoms with Gasteiger partial charge in [0.25, 0.3) is 0 Å². The Morgan fingerprint density at radius 2 is 2.05 bits per heavy atom. The lowest BCUT2D eigenvalue weighted by molar-refractivity contribution is 0.376. The fourth-order valence-electron chi connectivity index (χ4n) is 1.89. The first kappa shape index (κ1) is 17.5. The monoisotopic (exact) mass is 294 g/mol. The molecule has 0 saturated carbocycles. The zero-order chi connectivity index (χ0) is 15.7. The molecule has 5 heteroatoms. The van der Waals surface area contributed by atoms with Crippen LogP contribution in [-0.2, 0) is 6.54 Å². The van der Waals surface area contributed by atoms with Crippen molar-refractivity contribution in [2.45, 2.75) is 59.9 Å². The van der Waals surface area contributed by atoms with Crippen molar-refractivity contribution in [2.24, 2.45) is 10.9 Å². The Bertz CT molecular complexity index is 424. The quantitative estimate of drug-likeness (QED) is 0.439. The van der Waals surface area contributed by atoms with Crippen LogP contribution in [0.4, 0.5) is 0 Å². The standard InChI is InChI=1S/C16H30N4O/c1-6-17-16(18-9-7-8-12(2)3)19-11-14-10-15(13(4)5)20-21-14/h10,12-13H,6-9,11H2,1-5H3,(H2,17,18,19). The zero-order valence-electron chi connectivity index (χ0n) is 14.1. The molecule has 0 aliphatic rings. The van der Waals surface area contributed by atoms with Gasteiger partial charge in [0.1, 0.15) is 6.54 Å². The van der Waals surface area contributed by atoms with E-state index >= 15 is 0 Å². The highest BCUT2D eigenvalue weighted by Gasteiger charge is 2.07. The van der Waals surface area contributed by atoms with E-state index in [9.17, 15) is 0 Å². The molecule has 1 aromatic rings. The summed E-state index contributed by atoms with van der Waals surface area (Å²) in [7, 11) is 0. The van der Waals surface area contributed by atoms with E-state index in [0.717, 1.165) is 42.8 Å². The second-order valence-corrected chi connectivity index (χ2v) is 6.03. The Labute approximate surface area is 128 Å². The van der Waals surface area contributed by atoms with E-state index < -0.39 is 0 Å². The molecule has 0 radical (unpaired) electrons. The molecule has 2 N–H and O–H groups in total. The van der Waals surface area contributed by atoms with E-state index in [-0.39, 0.29) is 0 Å². The van der Waals surface area contributed by atoms with Gasteiger partial charge in [-0.05, 0) is 31.6 Å². The van der Waals surface area contributed by atoms with Crippen LogP contribution < -0.4 is 10.6 Å². The van der Waals surface area contributed by atoms with Gasteiger partial charge >= 0.3 is 0 Å². The molecule has 21 heavy (non-hydrogen) atoms. The average molecular weight is 294 g/mol. The van der Waals surface area contributed by atoms with E-state index in [4.69, 9.17) is 4.52 Å². The molecule has 0 unspecified atom stereocenters. The van der Waals surface area contributed by atoms with E-state index in [0.29, 0.717) is 12.5 Å². The minimum Gasteiger partial charge on any atom is -0.359 e. The van der Waals surface area contributed by atoms with Crippen molar-refractivity contribution in [1.29, 1.82) is 0 Å². The highest BCUT2D eigenvalue weighted by molar-refractivity contribution is 5.79. The molecular formula is C16H30N4O. The fourth-order valence-corrected chi connectivity index (χ4v) is 1.89. The number of aliphatic imine (C=N–C) groups is 1. The third-order valence-electron chi connectivity index (χ3n) is 3.16. The van der Waals surface area contributed by atoms with Gasteiger partial charge < -0.3 is 15.2 Å². The summed E-state index contributed by atoms with van der Waals surface area (Å²) in [5.41, 5.74) is 0.982. The normalized spacial score (nSPS) is 12.2. The molecule has 0 fully saturated rings.